The monoisotopic (exact) mass is 366 g/mol. The van der Waals surface area contributed by atoms with E-state index in [1.54, 1.807) is 12.1 Å². The van der Waals surface area contributed by atoms with Crippen molar-refractivity contribution in [2.45, 2.75) is 5.92 Å². The third-order valence-corrected chi connectivity index (χ3v) is 4.62. The molecule has 2 aromatic carbocycles. The number of hydrogen-bond acceptors (Lipinski definition) is 2. The van der Waals surface area contributed by atoms with Gasteiger partial charge >= 0.3 is 0 Å². The van der Waals surface area contributed by atoms with Crippen molar-refractivity contribution in [2.24, 2.45) is 5.92 Å². The molecule has 0 aromatic heterocycles. The number of amides is 1. The first-order valence-corrected chi connectivity index (χ1v) is 8.04. The molecule has 1 fully saturated rings. The van der Waals surface area contributed by atoms with Gasteiger partial charge < -0.3 is 10.6 Å². The molecule has 3 rings (SSSR count). The Hall–Kier alpha value is -2.05. The van der Waals surface area contributed by atoms with Gasteiger partial charge in [0.1, 0.15) is 0 Å². The lowest BCUT2D eigenvalue weighted by molar-refractivity contribution is -0.118. The fourth-order valence-corrected chi connectivity index (χ4v) is 3.23. The summed E-state index contributed by atoms with van der Waals surface area (Å²) < 4.78 is 27.0. The molecule has 1 saturated heterocycles. The molecule has 2 atom stereocenters. The highest BCUT2D eigenvalue weighted by molar-refractivity contribution is 7.80. The highest BCUT2D eigenvalue weighted by Crippen LogP contribution is 2.32. The number of benzene rings is 2. The second-order valence-corrected chi connectivity index (χ2v) is 6.35. The van der Waals surface area contributed by atoms with Gasteiger partial charge in [0, 0.05) is 17.5 Å². The van der Waals surface area contributed by atoms with Gasteiger partial charge in [0.15, 0.2) is 11.6 Å². The molecule has 0 spiro atoms. The van der Waals surface area contributed by atoms with Crippen molar-refractivity contribution in [3.8, 4) is 0 Å². The molecule has 0 unspecified atom stereocenters. The molecule has 124 valence electrons. The number of carbonyl (C=O) groups is 1. The van der Waals surface area contributed by atoms with Gasteiger partial charge in [-0.25, -0.2) is 8.78 Å². The molecule has 0 saturated carbocycles. The summed E-state index contributed by atoms with van der Waals surface area (Å²) in [4.78, 5) is 13.0. The lowest BCUT2D eigenvalue weighted by atomic mass is 9.88. The first-order chi connectivity index (χ1) is 11.5. The van der Waals surface area contributed by atoms with E-state index < -0.39 is 23.5 Å². The molecule has 7 heteroatoms. The molecule has 1 amide bonds. The second kappa shape index (κ2) is 6.83. The van der Waals surface area contributed by atoms with E-state index in [0.29, 0.717) is 16.6 Å². The van der Waals surface area contributed by atoms with Gasteiger partial charge in [-0.15, -0.1) is 0 Å². The Labute approximate surface area is 148 Å². The zero-order valence-electron chi connectivity index (χ0n) is 12.4. The fraction of sp³-hybridized carbons (Fsp3) is 0.176. The van der Waals surface area contributed by atoms with E-state index in [9.17, 15) is 13.6 Å². The van der Waals surface area contributed by atoms with Gasteiger partial charge in [-0.05, 0) is 29.8 Å². The number of carbonyl (C=O) groups excluding carboxylic acids is 1. The first kappa shape index (κ1) is 16.8. The van der Waals surface area contributed by atoms with Crippen LogP contribution in [0.15, 0.2) is 42.5 Å². The third kappa shape index (κ3) is 3.25. The molecular weight excluding hydrogens is 354 g/mol. The van der Waals surface area contributed by atoms with Crippen LogP contribution in [-0.4, -0.2) is 17.4 Å². The lowest BCUT2D eigenvalue weighted by Gasteiger charge is -2.18. The van der Waals surface area contributed by atoms with Crippen LogP contribution in [0, 0.1) is 17.6 Å². The summed E-state index contributed by atoms with van der Waals surface area (Å²) in [6.45, 7) is 0.490. The van der Waals surface area contributed by atoms with Gasteiger partial charge in [-0.2, -0.15) is 0 Å². The van der Waals surface area contributed by atoms with Crippen LogP contribution in [0.4, 0.5) is 14.5 Å². The van der Waals surface area contributed by atoms with Crippen molar-refractivity contribution >= 4 is 40.4 Å². The Morgan fingerprint density at radius 3 is 2.62 bits per heavy atom. The highest BCUT2D eigenvalue weighted by Gasteiger charge is 2.38. The highest BCUT2D eigenvalue weighted by atomic mass is 35.5. The van der Waals surface area contributed by atoms with E-state index in [4.69, 9.17) is 23.8 Å². The Bertz CT molecular complexity index is 798. The minimum absolute atomic E-state index is 0.202. The van der Waals surface area contributed by atoms with Crippen molar-refractivity contribution in [1.29, 1.82) is 0 Å². The van der Waals surface area contributed by atoms with Crippen LogP contribution < -0.4 is 10.6 Å². The number of halogens is 3. The summed E-state index contributed by atoms with van der Waals surface area (Å²) in [5, 5.41) is 6.01. The van der Waals surface area contributed by atoms with Crippen molar-refractivity contribution in [3.05, 3.63) is 64.7 Å². The van der Waals surface area contributed by atoms with Gasteiger partial charge in [-0.1, -0.05) is 42.0 Å². The van der Waals surface area contributed by atoms with Crippen LogP contribution in [0.2, 0.25) is 5.02 Å². The Balaban J connectivity index is 1.85. The molecule has 2 aromatic rings. The molecule has 1 heterocycles. The normalized spacial score (nSPS) is 19.9. The number of anilines is 1. The number of hydrogen-bond donors (Lipinski definition) is 2. The second-order valence-electron chi connectivity index (χ2n) is 5.47. The van der Waals surface area contributed by atoms with Gasteiger partial charge in [0.05, 0.1) is 16.6 Å². The number of thiocarbonyl (C=S) groups is 1. The van der Waals surface area contributed by atoms with Crippen molar-refractivity contribution in [1.82, 2.24) is 5.32 Å². The zero-order valence-corrected chi connectivity index (χ0v) is 13.9. The Morgan fingerprint density at radius 1 is 1.21 bits per heavy atom. The molecular formula is C17H13ClF2N2OS. The van der Waals surface area contributed by atoms with Crippen LogP contribution in [0.25, 0.3) is 0 Å². The summed E-state index contributed by atoms with van der Waals surface area (Å²) in [5.74, 6) is -3.45. The molecule has 3 nitrogen and oxygen atoms in total. The van der Waals surface area contributed by atoms with E-state index in [1.165, 1.54) is 12.1 Å². The summed E-state index contributed by atoms with van der Waals surface area (Å²) in [6, 6.07) is 10.7. The molecule has 1 aliphatic rings. The van der Waals surface area contributed by atoms with E-state index in [-0.39, 0.29) is 11.6 Å². The van der Waals surface area contributed by atoms with Crippen molar-refractivity contribution in [3.63, 3.8) is 0 Å². The van der Waals surface area contributed by atoms with E-state index >= 15 is 0 Å². The molecule has 0 bridgehead atoms. The van der Waals surface area contributed by atoms with Crippen molar-refractivity contribution < 1.29 is 13.6 Å². The largest absolute Gasteiger partial charge is 0.378 e. The summed E-state index contributed by atoms with van der Waals surface area (Å²) >= 11 is 11.1. The van der Waals surface area contributed by atoms with E-state index in [2.05, 4.69) is 10.6 Å². The zero-order chi connectivity index (χ0) is 17.3. The van der Waals surface area contributed by atoms with Crippen LogP contribution in [0.3, 0.4) is 0 Å². The SMILES string of the molecule is O=C(Nc1cccc(F)c1F)[C@H]1C(=S)NC[C@@H]1c1ccc(Cl)cc1. The van der Waals surface area contributed by atoms with Gasteiger partial charge in [0.25, 0.3) is 0 Å². The number of nitrogens with one attached hydrogen (secondary N) is 2. The predicted molar refractivity (Wildman–Crippen MR) is 93.3 cm³/mol. The quantitative estimate of drug-likeness (QED) is 0.810. The minimum Gasteiger partial charge on any atom is -0.378 e. The summed E-state index contributed by atoms with van der Waals surface area (Å²) in [5.41, 5.74) is 0.691. The van der Waals surface area contributed by atoms with Crippen LogP contribution in [-0.2, 0) is 4.79 Å². The maximum Gasteiger partial charge on any atom is 0.235 e. The molecule has 1 aliphatic heterocycles. The minimum atomic E-state index is -1.09. The Morgan fingerprint density at radius 2 is 1.92 bits per heavy atom. The third-order valence-electron chi connectivity index (χ3n) is 3.97. The van der Waals surface area contributed by atoms with Gasteiger partial charge in [-0.3, -0.25) is 4.79 Å². The molecule has 2 N–H and O–H groups in total. The van der Waals surface area contributed by atoms with Crippen LogP contribution >= 0.6 is 23.8 Å². The topological polar surface area (TPSA) is 41.1 Å². The molecule has 0 aliphatic carbocycles. The summed E-state index contributed by atoms with van der Waals surface area (Å²) in [6.07, 6.45) is 0. The predicted octanol–water partition coefficient (Wildman–Crippen LogP) is 3.89. The van der Waals surface area contributed by atoms with Crippen LogP contribution in [0.5, 0.6) is 0 Å². The maximum atomic E-state index is 13.8. The maximum absolute atomic E-state index is 13.8. The average molecular weight is 367 g/mol. The Kier molecular flexibility index (Phi) is 4.78. The van der Waals surface area contributed by atoms with E-state index in [1.807, 2.05) is 12.1 Å². The number of rotatable bonds is 3. The molecule has 24 heavy (non-hydrogen) atoms. The summed E-state index contributed by atoms with van der Waals surface area (Å²) in [7, 11) is 0. The van der Waals surface area contributed by atoms with Crippen LogP contribution in [0.1, 0.15) is 11.5 Å². The average Bonchev–Trinajstić information content (AvgIpc) is 2.94. The molecule has 0 radical (unpaired) electrons. The smallest absolute Gasteiger partial charge is 0.235 e. The van der Waals surface area contributed by atoms with E-state index in [0.717, 1.165) is 11.6 Å². The fourth-order valence-electron chi connectivity index (χ4n) is 2.75. The lowest BCUT2D eigenvalue weighted by Crippen LogP contribution is -2.31. The van der Waals surface area contributed by atoms with Gasteiger partial charge in [0.2, 0.25) is 5.91 Å². The van der Waals surface area contributed by atoms with Crippen molar-refractivity contribution in [2.75, 3.05) is 11.9 Å². The first-order valence-electron chi connectivity index (χ1n) is 7.25. The standard InChI is InChI=1S/C17H13ClF2N2OS/c18-10-6-4-9(5-7-10)11-8-21-17(24)14(11)16(23)22-13-3-1-2-12(19)15(13)20/h1-7,11,14H,8H2,(H,21,24)(H,22,23)/t11-,14+/m1/s1.